The summed E-state index contributed by atoms with van der Waals surface area (Å²) in [5, 5.41) is 12.2. The van der Waals surface area contributed by atoms with E-state index in [-0.39, 0.29) is 11.7 Å². The Kier molecular flexibility index (Phi) is 8.11. The second kappa shape index (κ2) is 11.0. The van der Waals surface area contributed by atoms with E-state index in [1.807, 2.05) is 47.9 Å². The molecule has 0 bridgehead atoms. The molecule has 168 valence electrons. The molecule has 0 saturated heterocycles. The number of allylic oxidation sites excluding steroid dienone is 1. The molecule has 1 N–H and O–H groups in total. The Labute approximate surface area is 194 Å². The van der Waals surface area contributed by atoms with Crippen LogP contribution in [0.2, 0.25) is 0 Å². The van der Waals surface area contributed by atoms with Gasteiger partial charge in [-0.15, -0.1) is 16.8 Å². The minimum Gasteiger partial charge on any atom is -0.485 e. The summed E-state index contributed by atoms with van der Waals surface area (Å²) in [5.41, 5.74) is 4.25. The van der Waals surface area contributed by atoms with E-state index in [4.69, 9.17) is 4.74 Å². The number of aromatic nitrogens is 3. The van der Waals surface area contributed by atoms with Gasteiger partial charge < -0.3 is 10.1 Å². The van der Waals surface area contributed by atoms with Gasteiger partial charge >= 0.3 is 0 Å². The summed E-state index contributed by atoms with van der Waals surface area (Å²) in [7, 11) is 0. The molecular formula is C25H30N4O2S. The van der Waals surface area contributed by atoms with Crippen LogP contribution < -0.4 is 10.1 Å². The fraction of sp³-hybridized carbons (Fsp3) is 0.320. The first-order chi connectivity index (χ1) is 15.4. The quantitative estimate of drug-likeness (QED) is 0.326. The molecule has 1 aromatic heterocycles. The lowest BCUT2D eigenvalue weighted by Gasteiger charge is -2.14. The van der Waals surface area contributed by atoms with Crippen molar-refractivity contribution < 1.29 is 9.53 Å². The number of hydrogen-bond acceptors (Lipinski definition) is 5. The number of hydrogen-bond donors (Lipinski definition) is 1. The Morgan fingerprint density at radius 3 is 2.72 bits per heavy atom. The van der Waals surface area contributed by atoms with E-state index in [0.717, 1.165) is 22.6 Å². The van der Waals surface area contributed by atoms with Crippen molar-refractivity contribution in [2.45, 2.75) is 51.9 Å². The van der Waals surface area contributed by atoms with Crippen molar-refractivity contribution in [3.05, 3.63) is 77.6 Å². The van der Waals surface area contributed by atoms with E-state index in [1.165, 1.54) is 17.3 Å². The van der Waals surface area contributed by atoms with Crippen LogP contribution in [-0.4, -0.2) is 26.4 Å². The van der Waals surface area contributed by atoms with Crippen LogP contribution in [0.25, 0.3) is 0 Å². The van der Waals surface area contributed by atoms with Gasteiger partial charge in [-0.3, -0.25) is 9.36 Å². The fourth-order valence-electron chi connectivity index (χ4n) is 3.30. The molecule has 1 amide bonds. The Bertz CT molecular complexity index is 1090. The van der Waals surface area contributed by atoms with Crippen molar-refractivity contribution in [1.29, 1.82) is 0 Å². The number of anilines is 1. The third kappa shape index (κ3) is 5.79. The van der Waals surface area contributed by atoms with Crippen molar-refractivity contribution in [2.24, 2.45) is 0 Å². The fourth-order valence-corrected chi connectivity index (χ4v) is 4.07. The minimum atomic E-state index is -0.0792. The molecule has 7 heteroatoms. The zero-order valence-electron chi connectivity index (χ0n) is 19.1. The number of carbonyl (C=O) groups is 1. The van der Waals surface area contributed by atoms with E-state index in [9.17, 15) is 4.79 Å². The molecule has 0 aliphatic rings. The first-order valence-electron chi connectivity index (χ1n) is 10.6. The number of thioether (sulfide) groups is 1. The summed E-state index contributed by atoms with van der Waals surface area (Å²) < 4.78 is 7.93. The van der Waals surface area contributed by atoms with Gasteiger partial charge in [-0.2, -0.15) is 0 Å². The zero-order valence-corrected chi connectivity index (χ0v) is 19.9. The maximum absolute atomic E-state index is 12.6. The molecule has 3 aromatic rings. The Hall–Kier alpha value is -3.06. The van der Waals surface area contributed by atoms with Crippen molar-refractivity contribution in [3.8, 4) is 5.75 Å². The molecule has 0 aliphatic carbocycles. The third-order valence-electron chi connectivity index (χ3n) is 5.21. The molecule has 6 nitrogen and oxygen atoms in total. The molecule has 0 aliphatic heterocycles. The molecule has 0 saturated carbocycles. The molecule has 0 atom stereocenters. The number of para-hydroxylation sites is 1. The Balaban J connectivity index is 1.65. The molecule has 0 spiro atoms. The molecular weight excluding hydrogens is 420 g/mol. The summed E-state index contributed by atoms with van der Waals surface area (Å²) in [6, 6.07) is 13.9. The lowest BCUT2D eigenvalue weighted by atomic mass is 10.0. The Morgan fingerprint density at radius 2 is 1.97 bits per heavy atom. The van der Waals surface area contributed by atoms with E-state index >= 15 is 0 Å². The van der Waals surface area contributed by atoms with E-state index < -0.39 is 0 Å². The number of nitrogens with zero attached hydrogens (tertiary/aromatic N) is 3. The van der Waals surface area contributed by atoms with Crippen LogP contribution in [0.1, 0.15) is 42.3 Å². The van der Waals surface area contributed by atoms with Gasteiger partial charge in [0.1, 0.15) is 12.4 Å². The van der Waals surface area contributed by atoms with Crippen molar-refractivity contribution in [1.82, 2.24) is 14.8 Å². The van der Waals surface area contributed by atoms with Gasteiger partial charge in [-0.1, -0.05) is 62.0 Å². The van der Waals surface area contributed by atoms with Gasteiger partial charge in [0.15, 0.2) is 11.0 Å². The standard InChI is InChI=1S/C25H30N4O2S/c1-6-14-29-23(15-31-22-13-9-10-18(4)19(22)5)27-28-25(29)32-16-24(30)26-21-12-8-7-11-20(21)17(2)3/h6-13,17H,1,14-16H2,2-5H3,(H,26,30). The SMILES string of the molecule is C=CCn1c(COc2cccc(C)c2C)nnc1SCC(=O)Nc1ccccc1C(C)C. The predicted octanol–water partition coefficient (Wildman–Crippen LogP) is 5.51. The number of amides is 1. The molecule has 1 heterocycles. The highest BCUT2D eigenvalue weighted by molar-refractivity contribution is 7.99. The van der Waals surface area contributed by atoms with Crippen LogP contribution in [0.15, 0.2) is 60.3 Å². The van der Waals surface area contributed by atoms with Gasteiger partial charge in [0, 0.05) is 12.2 Å². The summed E-state index contributed by atoms with van der Waals surface area (Å²) in [6.07, 6.45) is 1.79. The predicted molar refractivity (Wildman–Crippen MR) is 130 cm³/mol. The molecule has 3 rings (SSSR count). The highest BCUT2D eigenvalue weighted by Crippen LogP contribution is 2.25. The van der Waals surface area contributed by atoms with E-state index in [1.54, 1.807) is 6.08 Å². The van der Waals surface area contributed by atoms with Crippen molar-refractivity contribution >= 4 is 23.4 Å². The van der Waals surface area contributed by atoms with Crippen LogP contribution in [0.5, 0.6) is 5.75 Å². The van der Waals surface area contributed by atoms with Crippen LogP contribution >= 0.6 is 11.8 Å². The topological polar surface area (TPSA) is 69.0 Å². The number of nitrogens with one attached hydrogen (secondary N) is 1. The minimum absolute atomic E-state index is 0.0792. The van der Waals surface area contributed by atoms with Gasteiger partial charge in [-0.25, -0.2) is 0 Å². The first-order valence-corrected chi connectivity index (χ1v) is 11.6. The average molecular weight is 451 g/mol. The van der Waals surface area contributed by atoms with Crippen molar-refractivity contribution in [2.75, 3.05) is 11.1 Å². The number of ether oxygens (including phenoxy) is 1. The molecule has 0 fully saturated rings. The zero-order chi connectivity index (χ0) is 23.1. The van der Waals surface area contributed by atoms with Crippen LogP contribution in [-0.2, 0) is 17.9 Å². The summed E-state index contributed by atoms with van der Waals surface area (Å²) >= 11 is 1.35. The number of benzene rings is 2. The number of rotatable bonds is 10. The maximum atomic E-state index is 12.6. The number of carbonyl (C=O) groups excluding carboxylic acids is 1. The largest absolute Gasteiger partial charge is 0.485 e. The molecule has 0 radical (unpaired) electrons. The number of aryl methyl sites for hydroxylation is 1. The molecule has 32 heavy (non-hydrogen) atoms. The van der Waals surface area contributed by atoms with Crippen molar-refractivity contribution in [3.63, 3.8) is 0 Å². The van der Waals surface area contributed by atoms with Gasteiger partial charge in [0.05, 0.1) is 5.75 Å². The lowest BCUT2D eigenvalue weighted by molar-refractivity contribution is -0.113. The second-order valence-corrected chi connectivity index (χ2v) is 8.81. The second-order valence-electron chi connectivity index (χ2n) is 7.86. The molecule has 2 aromatic carbocycles. The van der Waals surface area contributed by atoms with E-state index in [2.05, 4.69) is 48.9 Å². The maximum Gasteiger partial charge on any atom is 0.234 e. The third-order valence-corrected chi connectivity index (χ3v) is 6.17. The molecule has 0 unspecified atom stereocenters. The highest BCUT2D eigenvalue weighted by atomic mass is 32.2. The monoisotopic (exact) mass is 450 g/mol. The summed E-state index contributed by atoms with van der Waals surface area (Å²) in [5.74, 6) is 2.01. The van der Waals surface area contributed by atoms with Crippen LogP contribution in [0, 0.1) is 13.8 Å². The smallest absolute Gasteiger partial charge is 0.234 e. The van der Waals surface area contributed by atoms with Gasteiger partial charge in [0.2, 0.25) is 5.91 Å². The lowest BCUT2D eigenvalue weighted by Crippen LogP contribution is -2.16. The van der Waals surface area contributed by atoms with Gasteiger partial charge in [-0.05, 0) is 48.6 Å². The summed E-state index contributed by atoms with van der Waals surface area (Å²) in [4.78, 5) is 12.6. The van der Waals surface area contributed by atoms with Crippen LogP contribution in [0.4, 0.5) is 5.69 Å². The first kappa shape index (κ1) is 23.6. The van der Waals surface area contributed by atoms with Crippen LogP contribution in [0.3, 0.4) is 0 Å². The normalized spacial score (nSPS) is 10.9. The highest BCUT2D eigenvalue weighted by Gasteiger charge is 2.16. The van der Waals surface area contributed by atoms with Gasteiger partial charge in [0.25, 0.3) is 0 Å². The average Bonchev–Trinajstić information content (AvgIpc) is 3.15. The Morgan fingerprint density at radius 1 is 1.19 bits per heavy atom. The van der Waals surface area contributed by atoms with E-state index in [0.29, 0.717) is 30.1 Å². The summed E-state index contributed by atoms with van der Waals surface area (Å²) in [6.45, 7) is 13.0.